The van der Waals surface area contributed by atoms with Gasteiger partial charge in [-0.05, 0) is 60.9 Å². The molecular weight excluding hydrogens is 652 g/mol. The molecule has 1 atom stereocenters. The van der Waals surface area contributed by atoms with Gasteiger partial charge in [0.1, 0.15) is 5.58 Å². The van der Waals surface area contributed by atoms with E-state index in [0.717, 1.165) is 22.3 Å². The molecule has 4 aromatic carbocycles. The molecule has 1 spiro atoms. The molecule has 2 aliphatic heterocycles. The lowest BCUT2D eigenvalue weighted by molar-refractivity contribution is -0.121. The van der Waals surface area contributed by atoms with E-state index in [1.807, 2.05) is 86.6 Å². The minimum Gasteiger partial charge on any atom is -0.450 e. The molecule has 2 aromatic heterocycles. The van der Waals surface area contributed by atoms with Crippen molar-refractivity contribution in [2.24, 2.45) is 0 Å². The van der Waals surface area contributed by atoms with Gasteiger partial charge in [-0.25, -0.2) is 0 Å². The molecule has 232 valence electrons. The fourth-order valence-electron chi connectivity index (χ4n) is 6.51. The molecule has 1 unspecified atom stereocenters. The summed E-state index contributed by atoms with van der Waals surface area (Å²) in [6, 6.07) is 27.9. The zero-order valence-corrected chi connectivity index (χ0v) is 27.6. The minimum absolute atomic E-state index is 0.00587. The molecule has 0 saturated heterocycles. The van der Waals surface area contributed by atoms with E-state index in [0.29, 0.717) is 31.8 Å². The average Bonchev–Trinajstić information content (AvgIpc) is 3.70. The average molecular weight is 677 g/mol. The second kappa shape index (κ2) is 11.2. The number of halogens is 1. The summed E-state index contributed by atoms with van der Waals surface area (Å²) in [6.07, 6.45) is 0. The highest BCUT2D eigenvalue weighted by molar-refractivity contribution is 8.00. The molecule has 0 bridgehead atoms. The minimum atomic E-state index is -1.85. The number of anilines is 2. The summed E-state index contributed by atoms with van der Waals surface area (Å²) in [5, 5.41) is 9.95. The fourth-order valence-corrected chi connectivity index (χ4v) is 8.56. The Morgan fingerprint density at radius 3 is 2.55 bits per heavy atom. The van der Waals surface area contributed by atoms with Crippen LogP contribution in [-0.4, -0.2) is 22.0 Å². The molecular formula is C36H25ClN4O4S2. The molecule has 0 fully saturated rings. The third-order valence-corrected chi connectivity index (χ3v) is 11.1. The van der Waals surface area contributed by atoms with Gasteiger partial charge in [0.2, 0.25) is 10.9 Å². The topological polar surface area (TPSA) is 96.6 Å². The first-order valence-electron chi connectivity index (χ1n) is 14.9. The maximum Gasteiger partial charge on any atom is 0.297 e. The first kappa shape index (κ1) is 29.6. The Hall–Kier alpha value is -4.77. The quantitative estimate of drug-likeness (QED) is 0.132. The summed E-state index contributed by atoms with van der Waals surface area (Å²) in [5.74, 6) is -0.652. The van der Waals surface area contributed by atoms with Crippen LogP contribution in [-0.2, 0) is 22.6 Å². The van der Waals surface area contributed by atoms with Gasteiger partial charge < -0.3 is 9.32 Å². The number of para-hydroxylation sites is 1. The Kier molecular flexibility index (Phi) is 7.05. The predicted molar refractivity (Wildman–Crippen MR) is 185 cm³/mol. The monoisotopic (exact) mass is 676 g/mol. The number of hydrogen-bond acceptors (Lipinski definition) is 8. The zero-order chi connectivity index (χ0) is 32.4. The number of aryl methyl sites for hydroxylation is 2. The van der Waals surface area contributed by atoms with Crippen molar-refractivity contribution in [3.8, 4) is 0 Å². The van der Waals surface area contributed by atoms with E-state index in [4.69, 9.17) is 16.0 Å². The van der Waals surface area contributed by atoms with Crippen LogP contribution in [0.2, 0.25) is 5.02 Å². The first-order valence-corrected chi connectivity index (χ1v) is 17.0. The first-order chi connectivity index (χ1) is 22.8. The molecule has 0 aliphatic carbocycles. The summed E-state index contributed by atoms with van der Waals surface area (Å²) in [6.45, 7) is 4.12. The van der Waals surface area contributed by atoms with Gasteiger partial charge >= 0.3 is 0 Å². The van der Waals surface area contributed by atoms with Crippen molar-refractivity contribution < 1.29 is 14.0 Å². The Balaban J connectivity index is 1.33. The molecule has 0 radical (unpaired) electrons. The van der Waals surface area contributed by atoms with Crippen molar-refractivity contribution in [1.82, 2.24) is 10.2 Å². The second-order valence-corrected chi connectivity index (χ2v) is 14.2. The number of fused-ring (bicyclic) bond motifs is 5. The second-order valence-electron chi connectivity index (χ2n) is 11.6. The third-order valence-electron chi connectivity index (χ3n) is 8.71. The number of hydrogen-bond donors (Lipinski definition) is 0. The van der Waals surface area contributed by atoms with E-state index in [1.165, 1.54) is 28.0 Å². The molecule has 2 aliphatic rings. The molecule has 0 N–H and O–H groups in total. The standard InChI is InChI=1S/C36H25ClN4O4S2/c1-20-14-15-28-25(16-20)30(42)29-31(45-28)32(43)41(34-38-39-35(47-34)46-19-22-9-7-11-24(37)17-22)36(29)26-12-5-6-13-27(26)40(33(36)44)18-23-10-4-3-8-21(23)2/h3-17H,18-19H2,1-2H3. The predicted octanol–water partition coefficient (Wildman–Crippen LogP) is 7.66. The van der Waals surface area contributed by atoms with Crippen molar-refractivity contribution in [2.45, 2.75) is 36.0 Å². The van der Waals surface area contributed by atoms with Crippen LogP contribution in [0, 0.1) is 13.8 Å². The largest absolute Gasteiger partial charge is 0.450 e. The summed E-state index contributed by atoms with van der Waals surface area (Å²) in [4.78, 5) is 47.3. The van der Waals surface area contributed by atoms with Crippen LogP contribution in [0.4, 0.5) is 10.8 Å². The summed E-state index contributed by atoms with van der Waals surface area (Å²) in [5.41, 5.74) is 2.92. The lowest BCUT2D eigenvalue weighted by atomic mass is 9.84. The van der Waals surface area contributed by atoms with Crippen molar-refractivity contribution in [1.29, 1.82) is 0 Å². The molecule has 0 saturated carbocycles. The molecule has 47 heavy (non-hydrogen) atoms. The summed E-state index contributed by atoms with van der Waals surface area (Å²) in [7, 11) is 0. The molecule has 2 amide bonds. The van der Waals surface area contributed by atoms with E-state index in [1.54, 1.807) is 23.1 Å². The number of thioether (sulfide) groups is 1. The highest BCUT2D eigenvalue weighted by Crippen LogP contribution is 2.55. The van der Waals surface area contributed by atoms with Gasteiger partial charge in [0.05, 0.1) is 23.2 Å². The van der Waals surface area contributed by atoms with Gasteiger partial charge in [0.15, 0.2) is 15.3 Å². The lowest BCUT2D eigenvalue weighted by Gasteiger charge is -2.32. The van der Waals surface area contributed by atoms with Crippen LogP contribution in [0.25, 0.3) is 11.0 Å². The smallest absolute Gasteiger partial charge is 0.297 e. The number of amides is 2. The fraction of sp³-hybridized carbons (Fsp3) is 0.139. The third kappa shape index (κ3) is 4.54. The van der Waals surface area contributed by atoms with Gasteiger partial charge in [-0.2, -0.15) is 0 Å². The highest BCUT2D eigenvalue weighted by Gasteiger charge is 2.66. The Morgan fingerprint density at radius 1 is 0.915 bits per heavy atom. The zero-order valence-electron chi connectivity index (χ0n) is 25.2. The molecule has 6 aromatic rings. The van der Waals surface area contributed by atoms with E-state index in [-0.39, 0.29) is 28.6 Å². The van der Waals surface area contributed by atoms with Gasteiger partial charge in [-0.3, -0.25) is 19.3 Å². The molecule has 8 nitrogen and oxygen atoms in total. The Bertz CT molecular complexity index is 2340. The van der Waals surface area contributed by atoms with Crippen molar-refractivity contribution in [3.63, 3.8) is 0 Å². The number of carbonyl (C=O) groups excluding carboxylic acids is 2. The molecule has 4 heterocycles. The maximum atomic E-state index is 15.2. The van der Waals surface area contributed by atoms with Crippen LogP contribution in [0.3, 0.4) is 0 Å². The van der Waals surface area contributed by atoms with Gasteiger partial charge in [0.25, 0.3) is 11.8 Å². The van der Waals surface area contributed by atoms with Crippen LogP contribution in [0.5, 0.6) is 0 Å². The number of benzene rings is 4. The van der Waals surface area contributed by atoms with Crippen LogP contribution in [0.15, 0.2) is 105 Å². The van der Waals surface area contributed by atoms with Crippen LogP contribution < -0.4 is 15.2 Å². The van der Waals surface area contributed by atoms with Crippen molar-refractivity contribution in [3.05, 3.63) is 145 Å². The van der Waals surface area contributed by atoms with E-state index >= 15 is 4.79 Å². The summed E-state index contributed by atoms with van der Waals surface area (Å²) < 4.78 is 6.82. The Morgan fingerprint density at radius 2 is 1.72 bits per heavy atom. The van der Waals surface area contributed by atoms with E-state index < -0.39 is 22.8 Å². The van der Waals surface area contributed by atoms with Crippen LogP contribution in [0.1, 0.15) is 43.9 Å². The highest BCUT2D eigenvalue weighted by atomic mass is 35.5. The Labute approximate surface area is 282 Å². The van der Waals surface area contributed by atoms with Crippen molar-refractivity contribution in [2.75, 3.05) is 9.80 Å². The molecule has 11 heteroatoms. The van der Waals surface area contributed by atoms with Gasteiger partial charge in [0, 0.05) is 16.3 Å². The summed E-state index contributed by atoms with van der Waals surface area (Å²) >= 11 is 8.81. The van der Waals surface area contributed by atoms with E-state index in [2.05, 4.69) is 10.2 Å². The lowest BCUT2D eigenvalue weighted by Crippen LogP contribution is -2.53. The maximum absolute atomic E-state index is 15.2. The van der Waals surface area contributed by atoms with E-state index in [9.17, 15) is 9.59 Å². The van der Waals surface area contributed by atoms with Crippen molar-refractivity contribution >= 4 is 68.3 Å². The normalized spacial score (nSPS) is 16.8. The number of rotatable bonds is 6. The van der Waals surface area contributed by atoms with Gasteiger partial charge in [-0.1, -0.05) is 101 Å². The van der Waals surface area contributed by atoms with Gasteiger partial charge in [-0.15, -0.1) is 10.2 Å². The number of nitrogens with zero attached hydrogens (tertiary/aromatic N) is 4. The number of carbonyl (C=O) groups is 2. The number of aromatic nitrogens is 2. The van der Waals surface area contributed by atoms with Crippen LogP contribution >= 0.6 is 34.7 Å². The SMILES string of the molecule is Cc1ccc2oc3c(c(=O)c2c1)C1(C(=O)N(Cc2ccccc2C)c2ccccc21)N(c1nnc(SCc2cccc(Cl)c2)s1)C3=O. The molecule has 8 rings (SSSR count).